The van der Waals surface area contributed by atoms with Crippen LogP contribution in [0.4, 0.5) is 17.6 Å². The van der Waals surface area contributed by atoms with E-state index in [1.54, 1.807) is 0 Å². The number of aromatic nitrogens is 1. The van der Waals surface area contributed by atoms with Crippen LogP contribution < -0.4 is 10.2 Å². The number of hydrogen-bond donors (Lipinski definition) is 0. The van der Waals surface area contributed by atoms with Gasteiger partial charge in [-0.25, -0.2) is 17.6 Å². The van der Waals surface area contributed by atoms with Crippen LogP contribution in [0.5, 0.6) is 5.75 Å². The number of carbonyl (C=O) groups is 1. The Morgan fingerprint density at radius 2 is 1.78 bits per heavy atom. The van der Waals surface area contributed by atoms with Gasteiger partial charge in [-0.05, 0) is 12.8 Å². The van der Waals surface area contributed by atoms with Crippen molar-refractivity contribution in [1.82, 2.24) is 4.57 Å². The molecule has 0 radical (unpaired) electrons. The quantitative estimate of drug-likeness (QED) is 0.376. The average Bonchev–Trinajstić information content (AvgIpc) is 3.36. The van der Waals surface area contributed by atoms with Gasteiger partial charge < -0.3 is 9.30 Å². The van der Waals surface area contributed by atoms with Crippen LogP contribution in [0.15, 0.2) is 11.0 Å². The van der Waals surface area contributed by atoms with Crippen molar-refractivity contribution in [2.45, 2.75) is 32.2 Å². The lowest BCUT2D eigenvalue weighted by Crippen LogP contribution is -2.19. The maximum atomic E-state index is 14.1. The Morgan fingerprint density at radius 3 is 2.35 bits per heavy atom. The maximum Gasteiger partial charge on any atom is 0.311 e. The van der Waals surface area contributed by atoms with Gasteiger partial charge in [-0.1, -0.05) is 6.92 Å². The molecule has 0 unspecified atom stereocenters. The molecule has 4 nitrogen and oxygen atoms in total. The van der Waals surface area contributed by atoms with Gasteiger partial charge >= 0.3 is 5.97 Å². The first-order chi connectivity index (χ1) is 10.9. The number of pyridine rings is 1. The number of fused-ring (bicyclic) bond motifs is 1. The fraction of sp³-hybridized carbons (Fsp3) is 0.333. The van der Waals surface area contributed by atoms with Gasteiger partial charge in [0.05, 0.1) is 17.1 Å². The third kappa shape index (κ3) is 2.38. The summed E-state index contributed by atoms with van der Waals surface area (Å²) in [5.74, 6) is -8.80. The zero-order valence-electron chi connectivity index (χ0n) is 12.0. The number of rotatable bonds is 3. The normalized spacial score (nSPS) is 14.3. The number of esters is 1. The largest absolute Gasteiger partial charge is 0.421 e. The molecule has 1 aromatic heterocycles. The minimum atomic E-state index is -2.08. The van der Waals surface area contributed by atoms with Crippen LogP contribution in [-0.2, 0) is 4.79 Å². The van der Waals surface area contributed by atoms with Crippen molar-refractivity contribution in [1.29, 1.82) is 0 Å². The van der Waals surface area contributed by atoms with Crippen molar-refractivity contribution < 1.29 is 27.1 Å². The Labute approximate surface area is 127 Å². The predicted molar refractivity (Wildman–Crippen MR) is 72.2 cm³/mol. The number of carbonyl (C=O) groups excluding carboxylic acids is 1. The van der Waals surface area contributed by atoms with E-state index in [1.165, 1.54) is 6.92 Å². The van der Waals surface area contributed by atoms with Gasteiger partial charge in [0, 0.05) is 12.5 Å². The van der Waals surface area contributed by atoms with E-state index in [0.717, 1.165) is 10.8 Å². The summed E-state index contributed by atoms with van der Waals surface area (Å²) in [7, 11) is 0. The Morgan fingerprint density at radius 1 is 1.17 bits per heavy atom. The Bertz CT molecular complexity index is 887. The maximum absolute atomic E-state index is 14.1. The molecule has 1 aliphatic carbocycles. The SMILES string of the molecule is CCC(=O)Oc1cn(C2CC2)c2c(F)c(F)c(F)c(F)c2c1=O. The van der Waals surface area contributed by atoms with E-state index in [4.69, 9.17) is 4.74 Å². The Hall–Kier alpha value is -2.38. The van der Waals surface area contributed by atoms with Crippen molar-refractivity contribution in [2.75, 3.05) is 0 Å². The van der Waals surface area contributed by atoms with Crippen LogP contribution in [0, 0.1) is 23.3 Å². The van der Waals surface area contributed by atoms with Gasteiger partial charge in [-0.3, -0.25) is 9.59 Å². The highest BCUT2D eigenvalue weighted by atomic mass is 19.2. The average molecular weight is 329 g/mol. The molecule has 0 atom stereocenters. The first kappa shape index (κ1) is 15.5. The molecule has 0 N–H and O–H groups in total. The highest BCUT2D eigenvalue weighted by Crippen LogP contribution is 2.39. The Kier molecular flexibility index (Phi) is 3.62. The molecule has 2 aromatic rings. The summed E-state index contributed by atoms with van der Waals surface area (Å²) >= 11 is 0. The van der Waals surface area contributed by atoms with E-state index < -0.39 is 51.3 Å². The molecule has 0 aliphatic heterocycles. The topological polar surface area (TPSA) is 48.3 Å². The number of nitrogens with zero attached hydrogens (tertiary/aromatic N) is 1. The summed E-state index contributed by atoms with van der Waals surface area (Å²) in [6.07, 6.45) is 2.18. The van der Waals surface area contributed by atoms with Crippen LogP contribution in [0.25, 0.3) is 10.9 Å². The molecule has 0 saturated heterocycles. The van der Waals surface area contributed by atoms with E-state index >= 15 is 0 Å². The first-order valence-electron chi connectivity index (χ1n) is 6.98. The highest BCUT2D eigenvalue weighted by Gasteiger charge is 2.32. The molecule has 23 heavy (non-hydrogen) atoms. The molecule has 0 bridgehead atoms. The van der Waals surface area contributed by atoms with E-state index in [9.17, 15) is 27.2 Å². The third-order valence-electron chi connectivity index (χ3n) is 3.66. The Balaban J connectivity index is 2.41. The lowest BCUT2D eigenvalue weighted by molar-refractivity contribution is -0.134. The van der Waals surface area contributed by atoms with Gasteiger partial charge in [-0.2, -0.15) is 0 Å². The van der Waals surface area contributed by atoms with Crippen molar-refractivity contribution in [3.05, 3.63) is 39.7 Å². The van der Waals surface area contributed by atoms with E-state index in [1.807, 2.05) is 0 Å². The molecule has 8 heteroatoms. The summed E-state index contributed by atoms with van der Waals surface area (Å²) in [4.78, 5) is 23.6. The molecular formula is C15H11F4NO3. The molecule has 0 amide bonds. The van der Waals surface area contributed by atoms with Crippen LogP contribution in [0.2, 0.25) is 0 Å². The van der Waals surface area contributed by atoms with Crippen molar-refractivity contribution in [3.8, 4) is 5.75 Å². The van der Waals surface area contributed by atoms with E-state index in [2.05, 4.69) is 0 Å². The lowest BCUT2D eigenvalue weighted by Gasteiger charge is -2.14. The van der Waals surface area contributed by atoms with Gasteiger partial charge in [0.2, 0.25) is 5.43 Å². The smallest absolute Gasteiger partial charge is 0.311 e. The zero-order chi connectivity index (χ0) is 16.9. The highest BCUT2D eigenvalue weighted by molar-refractivity contribution is 5.83. The molecule has 3 rings (SSSR count). The predicted octanol–water partition coefficient (Wildman–Crippen LogP) is 3.21. The molecule has 1 heterocycles. The minimum absolute atomic E-state index is 0.0461. The number of benzene rings is 1. The van der Waals surface area contributed by atoms with Crippen LogP contribution in [0.1, 0.15) is 32.2 Å². The molecule has 1 fully saturated rings. The summed E-state index contributed by atoms with van der Waals surface area (Å²) in [6, 6.07) is -0.295. The van der Waals surface area contributed by atoms with Gasteiger partial charge in [0.1, 0.15) is 0 Å². The van der Waals surface area contributed by atoms with Gasteiger partial charge in [0.25, 0.3) is 0 Å². The fourth-order valence-corrected chi connectivity index (χ4v) is 2.35. The minimum Gasteiger partial charge on any atom is -0.421 e. The number of ether oxygens (including phenoxy) is 1. The molecule has 1 saturated carbocycles. The summed E-state index contributed by atoms with van der Waals surface area (Å²) in [5, 5.41) is -0.963. The zero-order valence-corrected chi connectivity index (χ0v) is 12.0. The number of hydrogen-bond acceptors (Lipinski definition) is 3. The van der Waals surface area contributed by atoms with Crippen molar-refractivity contribution in [3.63, 3.8) is 0 Å². The summed E-state index contributed by atoms with van der Waals surface area (Å²) < 4.78 is 61.0. The molecule has 0 spiro atoms. The summed E-state index contributed by atoms with van der Waals surface area (Å²) in [5.41, 5.74) is -1.86. The molecular weight excluding hydrogens is 318 g/mol. The third-order valence-corrected chi connectivity index (χ3v) is 3.66. The van der Waals surface area contributed by atoms with Crippen LogP contribution in [-0.4, -0.2) is 10.5 Å². The van der Waals surface area contributed by atoms with E-state index in [0.29, 0.717) is 12.8 Å². The van der Waals surface area contributed by atoms with Crippen LogP contribution >= 0.6 is 0 Å². The standard InChI is InChI=1S/C15H11F4NO3/c1-2-8(21)23-7-5-20(6-3-4-6)14-9(15(7)22)10(16)11(17)12(18)13(14)19/h5-6H,2-4H2,1H3. The monoisotopic (exact) mass is 329 g/mol. The van der Waals surface area contributed by atoms with Gasteiger partial charge in [0.15, 0.2) is 29.0 Å². The van der Waals surface area contributed by atoms with Crippen LogP contribution in [0.3, 0.4) is 0 Å². The second-order valence-electron chi connectivity index (χ2n) is 5.27. The van der Waals surface area contributed by atoms with Crippen molar-refractivity contribution in [2.24, 2.45) is 0 Å². The molecule has 1 aromatic carbocycles. The first-order valence-corrected chi connectivity index (χ1v) is 6.98. The lowest BCUT2D eigenvalue weighted by atomic mass is 10.1. The van der Waals surface area contributed by atoms with Gasteiger partial charge in [-0.15, -0.1) is 0 Å². The second kappa shape index (κ2) is 5.36. The van der Waals surface area contributed by atoms with E-state index in [-0.39, 0.29) is 12.5 Å². The second-order valence-corrected chi connectivity index (χ2v) is 5.27. The molecule has 1 aliphatic rings. The molecule has 122 valence electrons. The number of halogens is 4. The van der Waals surface area contributed by atoms with Crippen molar-refractivity contribution >= 4 is 16.9 Å². The fourth-order valence-electron chi connectivity index (χ4n) is 2.35. The summed E-state index contributed by atoms with van der Waals surface area (Å²) in [6.45, 7) is 1.48.